The first-order valence-electron chi connectivity index (χ1n) is 5.80. The van der Waals surface area contributed by atoms with Crippen LogP contribution in [0.1, 0.15) is 36.7 Å². The van der Waals surface area contributed by atoms with Crippen molar-refractivity contribution in [1.29, 1.82) is 0 Å². The normalized spacial score (nSPS) is 16.5. The van der Waals surface area contributed by atoms with E-state index in [0.717, 1.165) is 13.0 Å². The second-order valence-electron chi connectivity index (χ2n) is 4.65. The van der Waals surface area contributed by atoms with E-state index in [-0.39, 0.29) is 5.69 Å². The van der Waals surface area contributed by atoms with Crippen LogP contribution in [-0.4, -0.2) is 22.6 Å². The first kappa shape index (κ1) is 11.7. The van der Waals surface area contributed by atoms with Crippen molar-refractivity contribution in [1.82, 2.24) is 4.98 Å². The zero-order valence-corrected chi connectivity index (χ0v) is 9.86. The van der Waals surface area contributed by atoms with Crippen LogP contribution in [0, 0.1) is 5.41 Å². The molecule has 0 aromatic carbocycles. The number of anilines is 2. The predicted octanol–water partition coefficient (Wildman–Crippen LogP) is 1.96. The third kappa shape index (κ3) is 2.49. The van der Waals surface area contributed by atoms with Gasteiger partial charge in [-0.05, 0) is 36.8 Å². The Kier molecular flexibility index (Phi) is 2.92. The minimum Gasteiger partial charge on any atom is -0.477 e. The van der Waals surface area contributed by atoms with E-state index in [1.165, 1.54) is 18.9 Å². The molecule has 0 aliphatic heterocycles. The molecular formula is C12H17N3O2. The van der Waals surface area contributed by atoms with Gasteiger partial charge >= 0.3 is 5.97 Å². The third-order valence-corrected chi connectivity index (χ3v) is 3.48. The molecule has 4 N–H and O–H groups in total. The van der Waals surface area contributed by atoms with Crippen molar-refractivity contribution in [3.63, 3.8) is 0 Å². The molecule has 5 heteroatoms. The molecular weight excluding hydrogens is 218 g/mol. The molecule has 0 radical (unpaired) electrons. The van der Waals surface area contributed by atoms with Gasteiger partial charge in [0.25, 0.3) is 0 Å². The molecule has 1 saturated carbocycles. The number of carbonyl (C=O) groups is 1. The quantitative estimate of drug-likeness (QED) is 0.726. The number of nitrogens with zero attached hydrogens (tertiary/aromatic N) is 1. The van der Waals surface area contributed by atoms with E-state index < -0.39 is 5.97 Å². The summed E-state index contributed by atoms with van der Waals surface area (Å²) in [4.78, 5) is 14.8. The van der Waals surface area contributed by atoms with Gasteiger partial charge in [0.2, 0.25) is 0 Å². The summed E-state index contributed by atoms with van der Waals surface area (Å²) in [5, 5.41) is 12.0. The fourth-order valence-corrected chi connectivity index (χ4v) is 1.83. The van der Waals surface area contributed by atoms with Crippen molar-refractivity contribution in [2.75, 3.05) is 17.6 Å². The SMILES string of the molecule is CCC1(CNc2nc(C(=O)O)ccc2N)CC1. The molecule has 17 heavy (non-hydrogen) atoms. The second kappa shape index (κ2) is 4.24. The molecule has 1 aromatic heterocycles. The molecule has 1 aliphatic rings. The minimum atomic E-state index is -1.04. The average Bonchev–Trinajstić information content (AvgIpc) is 3.08. The lowest BCUT2D eigenvalue weighted by Gasteiger charge is -2.15. The molecule has 0 saturated heterocycles. The van der Waals surface area contributed by atoms with Crippen LogP contribution < -0.4 is 11.1 Å². The van der Waals surface area contributed by atoms with Gasteiger partial charge in [-0.3, -0.25) is 0 Å². The van der Waals surface area contributed by atoms with E-state index in [1.807, 2.05) is 0 Å². The third-order valence-electron chi connectivity index (χ3n) is 3.48. The average molecular weight is 235 g/mol. The number of aromatic carboxylic acids is 1. The summed E-state index contributed by atoms with van der Waals surface area (Å²) >= 11 is 0. The number of hydrogen-bond acceptors (Lipinski definition) is 4. The van der Waals surface area contributed by atoms with Gasteiger partial charge in [0.1, 0.15) is 5.82 Å². The van der Waals surface area contributed by atoms with Crippen molar-refractivity contribution in [3.05, 3.63) is 17.8 Å². The first-order valence-corrected chi connectivity index (χ1v) is 5.80. The zero-order valence-electron chi connectivity index (χ0n) is 9.86. The summed E-state index contributed by atoms with van der Waals surface area (Å²) in [5.41, 5.74) is 6.64. The van der Waals surface area contributed by atoms with Crippen molar-refractivity contribution in [3.8, 4) is 0 Å². The summed E-state index contributed by atoms with van der Waals surface area (Å²) in [7, 11) is 0. The van der Waals surface area contributed by atoms with Gasteiger partial charge in [0, 0.05) is 6.54 Å². The second-order valence-corrected chi connectivity index (χ2v) is 4.65. The van der Waals surface area contributed by atoms with Crippen LogP contribution in [0.4, 0.5) is 11.5 Å². The highest BCUT2D eigenvalue weighted by atomic mass is 16.4. The lowest BCUT2D eigenvalue weighted by molar-refractivity contribution is 0.0690. The fraction of sp³-hybridized carbons (Fsp3) is 0.500. The van der Waals surface area contributed by atoms with Gasteiger partial charge in [0.05, 0.1) is 5.69 Å². The maximum atomic E-state index is 10.8. The molecule has 5 nitrogen and oxygen atoms in total. The predicted molar refractivity (Wildman–Crippen MR) is 66.1 cm³/mol. The number of carboxylic acids is 1. The summed E-state index contributed by atoms with van der Waals surface area (Å²) in [6, 6.07) is 2.99. The topological polar surface area (TPSA) is 88.2 Å². The molecule has 1 fully saturated rings. The van der Waals surface area contributed by atoms with Crippen molar-refractivity contribution >= 4 is 17.5 Å². The fourth-order valence-electron chi connectivity index (χ4n) is 1.83. The Labute approximate surface area is 100 Å². The molecule has 0 unspecified atom stereocenters. The lowest BCUT2D eigenvalue weighted by atomic mass is 10.0. The van der Waals surface area contributed by atoms with Crippen LogP contribution in [0.25, 0.3) is 0 Å². The number of pyridine rings is 1. The Balaban J connectivity index is 2.09. The summed E-state index contributed by atoms with van der Waals surface area (Å²) in [5.74, 6) is -0.561. The van der Waals surface area contributed by atoms with Crippen LogP contribution in [0.15, 0.2) is 12.1 Å². The Morgan fingerprint density at radius 3 is 2.82 bits per heavy atom. The van der Waals surface area contributed by atoms with E-state index in [0.29, 0.717) is 16.9 Å². The largest absolute Gasteiger partial charge is 0.477 e. The minimum absolute atomic E-state index is 0.0167. The van der Waals surface area contributed by atoms with E-state index in [9.17, 15) is 4.79 Å². The molecule has 1 heterocycles. The molecule has 1 aromatic rings. The van der Waals surface area contributed by atoms with Gasteiger partial charge < -0.3 is 16.2 Å². The van der Waals surface area contributed by atoms with Crippen molar-refractivity contribution in [2.24, 2.45) is 5.41 Å². The molecule has 2 rings (SSSR count). The van der Waals surface area contributed by atoms with Crippen LogP contribution in [0.3, 0.4) is 0 Å². The van der Waals surface area contributed by atoms with Crippen LogP contribution in [0.2, 0.25) is 0 Å². The monoisotopic (exact) mass is 235 g/mol. The molecule has 0 bridgehead atoms. The number of rotatable bonds is 5. The van der Waals surface area contributed by atoms with Gasteiger partial charge in [-0.1, -0.05) is 6.92 Å². The van der Waals surface area contributed by atoms with Gasteiger partial charge in [-0.15, -0.1) is 0 Å². The van der Waals surface area contributed by atoms with Crippen LogP contribution in [-0.2, 0) is 0 Å². The van der Waals surface area contributed by atoms with Crippen molar-refractivity contribution in [2.45, 2.75) is 26.2 Å². The van der Waals surface area contributed by atoms with Crippen molar-refractivity contribution < 1.29 is 9.90 Å². The maximum absolute atomic E-state index is 10.8. The number of nitrogens with one attached hydrogen (secondary N) is 1. The Morgan fingerprint density at radius 2 is 2.29 bits per heavy atom. The smallest absolute Gasteiger partial charge is 0.354 e. The zero-order chi connectivity index (χ0) is 12.5. The molecule has 92 valence electrons. The first-order chi connectivity index (χ1) is 8.06. The Morgan fingerprint density at radius 1 is 1.59 bits per heavy atom. The van der Waals surface area contributed by atoms with Gasteiger partial charge in [0.15, 0.2) is 5.69 Å². The Hall–Kier alpha value is -1.78. The highest BCUT2D eigenvalue weighted by Gasteiger charge is 2.40. The van der Waals surface area contributed by atoms with Gasteiger partial charge in [-0.25, -0.2) is 9.78 Å². The van der Waals surface area contributed by atoms with Crippen LogP contribution in [0.5, 0.6) is 0 Å². The standard InChI is InChI=1S/C12H17N3O2/c1-2-12(5-6-12)7-14-10-8(13)3-4-9(15-10)11(16)17/h3-4H,2,5-7,13H2,1H3,(H,14,15)(H,16,17). The van der Waals surface area contributed by atoms with E-state index >= 15 is 0 Å². The molecule has 0 spiro atoms. The lowest BCUT2D eigenvalue weighted by Crippen LogP contribution is -2.17. The van der Waals surface area contributed by atoms with Gasteiger partial charge in [-0.2, -0.15) is 0 Å². The number of nitrogens with two attached hydrogens (primary N) is 1. The molecule has 0 atom stereocenters. The molecule has 0 amide bonds. The summed E-state index contributed by atoms with van der Waals surface area (Å²) < 4.78 is 0. The maximum Gasteiger partial charge on any atom is 0.354 e. The number of carboxylic acid groups (broad SMARTS) is 1. The summed E-state index contributed by atoms with van der Waals surface area (Å²) in [6.07, 6.45) is 3.56. The number of nitrogen functional groups attached to an aromatic ring is 1. The Bertz CT molecular complexity index is 441. The van der Waals surface area contributed by atoms with E-state index in [1.54, 1.807) is 6.07 Å². The van der Waals surface area contributed by atoms with E-state index in [4.69, 9.17) is 10.8 Å². The number of aromatic nitrogens is 1. The summed E-state index contributed by atoms with van der Waals surface area (Å²) in [6.45, 7) is 2.98. The van der Waals surface area contributed by atoms with Crippen LogP contribution >= 0.6 is 0 Å². The highest BCUT2D eigenvalue weighted by Crippen LogP contribution is 2.48. The van der Waals surface area contributed by atoms with E-state index in [2.05, 4.69) is 17.2 Å². The number of hydrogen-bond donors (Lipinski definition) is 3. The molecule has 1 aliphatic carbocycles. The highest BCUT2D eigenvalue weighted by molar-refractivity contribution is 5.86.